The second-order valence-electron chi connectivity index (χ2n) is 4.78. The van der Waals surface area contributed by atoms with Gasteiger partial charge in [0.15, 0.2) is 0 Å². The van der Waals surface area contributed by atoms with Gasteiger partial charge in [0.25, 0.3) is 0 Å². The monoisotopic (exact) mass is 204 g/mol. The van der Waals surface area contributed by atoms with Gasteiger partial charge in [-0.3, -0.25) is 0 Å². The van der Waals surface area contributed by atoms with Crippen LogP contribution in [0.3, 0.4) is 0 Å². The Morgan fingerprint density at radius 2 is 1.73 bits per heavy atom. The highest BCUT2D eigenvalue weighted by Gasteiger charge is 2.27. The zero-order valence-corrected chi connectivity index (χ0v) is 9.54. The molecule has 1 nitrogen and oxygen atoms in total. The van der Waals surface area contributed by atoms with Gasteiger partial charge in [0.05, 0.1) is 12.2 Å². The molecule has 1 aromatic carbocycles. The van der Waals surface area contributed by atoms with Crippen LogP contribution in [0.15, 0.2) is 30.3 Å². The Morgan fingerprint density at radius 3 is 2.40 bits per heavy atom. The van der Waals surface area contributed by atoms with Crippen LogP contribution in [-0.4, -0.2) is 5.60 Å². The summed E-state index contributed by atoms with van der Waals surface area (Å²) in [5.41, 5.74) is 1.41. The molecule has 0 spiro atoms. The highest BCUT2D eigenvalue weighted by molar-refractivity contribution is 5.13. The van der Waals surface area contributed by atoms with Crippen LogP contribution in [0.1, 0.15) is 44.6 Å². The number of ether oxygens (including phenoxy) is 1. The van der Waals surface area contributed by atoms with Gasteiger partial charge in [0.1, 0.15) is 0 Å². The lowest BCUT2D eigenvalue weighted by molar-refractivity contribution is -0.0665. The predicted molar refractivity (Wildman–Crippen MR) is 62.7 cm³/mol. The molecule has 2 rings (SSSR count). The molecule has 0 aliphatic heterocycles. The first-order valence-corrected chi connectivity index (χ1v) is 5.96. The van der Waals surface area contributed by atoms with E-state index in [9.17, 15) is 0 Å². The van der Waals surface area contributed by atoms with Crippen molar-refractivity contribution in [3.63, 3.8) is 0 Å². The van der Waals surface area contributed by atoms with Crippen LogP contribution in [0.2, 0.25) is 0 Å². The molecule has 0 atom stereocenters. The summed E-state index contributed by atoms with van der Waals surface area (Å²) < 4.78 is 6.06. The fourth-order valence-electron chi connectivity index (χ4n) is 2.28. The third-order valence-corrected chi connectivity index (χ3v) is 3.34. The zero-order valence-electron chi connectivity index (χ0n) is 9.54. The number of rotatable bonds is 3. The van der Waals surface area contributed by atoms with E-state index >= 15 is 0 Å². The highest BCUT2D eigenvalue weighted by Crippen LogP contribution is 2.31. The van der Waals surface area contributed by atoms with Crippen molar-refractivity contribution in [2.75, 3.05) is 0 Å². The van der Waals surface area contributed by atoms with Crippen molar-refractivity contribution in [1.29, 1.82) is 0 Å². The quantitative estimate of drug-likeness (QED) is 0.725. The smallest absolute Gasteiger partial charge is 0.0724 e. The van der Waals surface area contributed by atoms with E-state index in [4.69, 9.17) is 4.74 Å². The van der Waals surface area contributed by atoms with E-state index in [0.29, 0.717) is 0 Å². The molecule has 1 aliphatic carbocycles. The Morgan fingerprint density at radius 1 is 1.07 bits per heavy atom. The van der Waals surface area contributed by atoms with Crippen LogP contribution >= 0.6 is 0 Å². The molecule has 0 radical (unpaired) electrons. The van der Waals surface area contributed by atoms with Gasteiger partial charge in [-0.1, -0.05) is 49.6 Å². The summed E-state index contributed by atoms with van der Waals surface area (Å²) in [4.78, 5) is 0. The first-order chi connectivity index (χ1) is 7.29. The maximum atomic E-state index is 6.06. The van der Waals surface area contributed by atoms with Gasteiger partial charge in [-0.05, 0) is 25.3 Å². The molecule has 0 N–H and O–H groups in total. The Bertz CT molecular complexity index is 285. The molecule has 1 fully saturated rings. The van der Waals surface area contributed by atoms with Crippen LogP contribution in [0.4, 0.5) is 0 Å². The molecule has 1 heteroatoms. The lowest BCUT2D eigenvalue weighted by Crippen LogP contribution is -2.31. The van der Waals surface area contributed by atoms with Crippen molar-refractivity contribution in [2.24, 2.45) is 0 Å². The van der Waals surface area contributed by atoms with Gasteiger partial charge >= 0.3 is 0 Å². The van der Waals surface area contributed by atoms with Crippen LogP contribution in [0, 0.1) is 0 Å². The number of hydrogen-bond donors (Lipinski definition) is 0. The van der Waals surface area contributed by atoms with Crippen molar-refractivity contribution in [2.45, 2.75) is 51.2 Å². The van der Waals surface area contributed by atoms with Crippen LogP contribution in [0.5, 0.6) is 0 Å². The summed E-state index contributed by atoms with van der Waals surface area (Å²) in [6, 6.07) is 10.5. The Labute approximate surface area is 92.5 Å². The molecular weight excluding hydrogens is 184 g/mol. The van der Waals surface area contributed by atoms with Gasteiger partial charge in [-0.2, -0.15) is 0 Å². The highest BCUT2D eigenvalue weighted by atomic mass is 16.5. The topological polar surface area (TPSA) is 9.23 Å². The van der Waals surface area contributed by atoms with Crippen LogP contribution < -0.4 is 0 Å². The first-order valence-electron chi connectivity index (χ1n) is 5.96. The van der Waals surface area contributed by atoms with E-state index in [-0.39, 0.29) is 5.60 Å². The van der Waals surface area contributed by atoms with E-state index in [1.807, 2.05) is 6.07 Å². The standard InChI is InChI=1S/C14H20O/c1-14(10-6-3-7-11-14)15-12-13-8-4-2-5-9-13/h2,4-5,8-9H,3,6-7,10-12H2,1H3. The largest absolute Gasteiger partial charge is 0.371 e. The third kappa shape index (κ3) is 3.07. The minimum atomic E-state index is 0.133. The summed E-state index contributed by atoms with van der Waals surface area (Å²) in [5, 5.41) is 0. The van der Waals surface area contributed by atoms with E-state index in [0.717, 1.165) is 6.61 Å². The van der Waals surface area contributed by atoms with Gasteiger partial charge in [-0.25, -0.2) is 0 Å². The average molecular weight is 204 g/mol. The molecule has 0 amide bonds. The summed E-state index contributed by atoms with van der Waals surface area (Å²) in [6.07, 6.45) is 6.47. The Hall–Kier alpha value is -0.820. The summed E-state index contributed by atoms with van der Waals surface area (Å²) in [6.45, 7) is 3.02. The van der Waals surface area contributed by atoms with Crippen molar-refractivity contribution in [1.82, 2.24) is 0 Å². The second kappa shape index (κ2) is 4.80. The molecule has 82 valence electrons. The zero-order chi connectivity index (χ0) is 10.6. The van der Waals surface area contributed by atoms with Crippen LogP contribution in [-0.2, 0) is 11.3 Å². The van der Waals surface area contributed by atoms with Gasteiger partial charge in [0, 0.05) is 0 Å². The Kier molecular flexibility index (Phi) is 3.42. The van der Waals surface area contributed by atoms with Crippen molar-refractivity contribution in [3.8, 4) is 0 Å². The molecule has 0 bridgehead atoms. The van der Waals surface area contributed by atoms with E-state index in [1.165, 1.54) is 37.7 Å². The summed E-state index contributed by atoms with van der Waals surface area (Å²) in [5.74, 6) is 0. The maximum absolute atomic E-state index is 6.06. The predicted octanol–water partition coefficient (Wildman–Crippen LogP) is 3.93. The molecular formula is C14H20O. The SMILES string of the molecule is CC1(OCc2ccccc2)CCCCC1. The lowest BCUT2D eigenvalue weighted by Gasteiger charge is -2.33. The molecule has 0 saturated heterocycles. The number of hydrogen-bond acceptors (Lipinski definition) is 1. The summed E-state index contributed by atoms with van der Waals surface area (Å²) >= 11 is 0. The van der Waals surface area contributed by atoms with Crippen LogP contribution in [0.25, 0.3) is 0 Å². The minimum Gasteiger partial charge on any atom is -0.371 e. The maximum Gasteiger partial charge on any atom is 0.0724 e. The first kappa shape index (κ1) is 10.7. The second-order valence-corrected chi connectivity index (χ2v) is 4.78. The lowest BCUT2D eigenvalue weighted by atomic mass is 9.86. The fourth-order valence-corrected chi connectivity index (χ4v) is 2.28. The van der Waals surface area contributed by atoms with Gasteiger partial charge in [0.2, 0.25) is 0 Å². The van der Waals surface area contributed by atoms with Gasteiger partial charge in [-0.15, -0.1) is 0 Å². The van der Waals surface area contributed by atoms with Crippen molar-refractivity contribution in [3.05, 3.63) is 35.9 Å². The van der Waals surface area contributed by atoms with E-state index in [1.54, 1.807) is 0 Å². The molecule has 1 saturated carbocycles. The molecule has 15 heavy (non-hydrogen) atoms. The number of benzene rings is 1. The third-order valence-electron chi connectivity index (χ3n) is 3.34. The minimum absolute atomic E-state index is 0.133. The summed E-state index contributed by atoms with van der Waals surface area (Å²) in [7, 11) is 0. The average Bonchev–Trinajstić information content (AvgIpc) is 2.29. The molecule has 0 aromatic heterocycles. The van der Waals surface area contributed by atoms with E-state index in [2.05, 4.69) is 31.2 Å². The molecule has 1 aromatic rings. The normalized spacial score (nSPS) is 20.1. The molecule has 0 unspecified atom stereocenters. The van der Waals surface area contributed by atoms with Gasteiger partial charge < -0.3 is 4.74 Å². The molecule has 0 heterocycles. The Balaban J connectivity index is 1.87. The molecule has 1 aliphatic rings. The van der Waals surface area contributed by atoms with Crippen molar-refractivity contribution >= 4 is 0 Å². The van der Waals surface area contributed by atoms with Crippen molar-refractivity contribution < 1.29 is 4.74 Å². The fraction of sp³-hybridized carbons (Fsp3) is 0.571. The van der Waals surface area contributed by atoms with E-state index < -0.39 is 0 Å².